The first-order valence-corrected chi connectivity index (χ1v) is 20.1. The van der Waals surface area contributed by atoms with Crippen LogP contribution in [0.15, 0.2) is 28.5 Å². The summed E-state index contributed by atoms with van der Waals surface area (Å²) >= 11 is 0. The lowest BCUT2D eigenvalue weighted by atomic mass is 9.62. The summed E-state index contributed by atoms with van der Waals surface area (Å²) in [6, 6.07) is -0.116. The van der Waals surface area contributed by atoms with Crippen molar-refractivity contribution in [1.29, 1.82) is 0 Å². The van der Waals surface area contributed by atoms with Gasteiger partial charge in [-0.3, -0.25) is 9.79 Å². The molecule has 2 aliphatic rings. The Hall–Kier alpha value is -2.11. The second kappa shape index (κ2) is 24.1. The maximum Gasteiger partial charge on any atom is 0.336 e. The second-order valence-corrected chi connectivity index (χ2v) is 15.6. The molecule has 276 valence electrons. The third kappa shape index (κ3) is 14.4. The topological polar surface area (TPSA) is 68.2 Å². The quantitative estimate of drug-likeness (QED) is 0.0677. The first-order valence-electron chi connectivity index (χ1n) is 20.1. The van der Waals surface area contributed by atoms with E-state index in [1.807, 2.05) is 13.1 Å². The normalized spacial score (nSPS) is 21.1. The maximum absolute atomic E-state index is 14.3. The summed E-state index contributed by atoms with van der Waals surface area (Å²) in [5.41, 5.74) is 0.329. The number of rotatable bonds is 26. The first kappa shape index (κ1) is 42.1. The number of allylic oxidation sites excluding steroid dienone is 2. The van der Waals surface area contributed by atoms with Gasteiger partial charge in [-0.15, -0.1) is 0 Å². The van der Waals surface area contributed by atoms with Gasteiger partial charge in [0.25, 0.3) is 0 Å². The SMILES string of the molecule is CCCCCCCCCCCCCCCCN1C=CCC(C(=O)OCCCC(C)C)(C2CC=NC(C)=C2C(=O)OCCCC(C)C)C1C. The summed E-state index contributed by atoms with van der Waals surface area (Å²) in [6.45, 7) is 16.8. The van der Waals surface area contributed by atoms with Crippen molar-refractivity contribution in [3.05, 3.63) is 23.5 Å². The molecule has 0 aromatic rings. The Morgan fingerprint density at radius 2 is 1.33 bits per heavy atom. The average Bonchev–Trinajstić information content (AvgIpc) is 3.05. The van der Waals surface area contributed by atoms with Gasteiger partial charge in [-0.05, 0) is 76.8 Å². The highest BCUT2D eigenvalue weighted by molar-refractivity contribution is 5.94. The molecular weight excluding hydrogens is 596 g/mol. The van der Waals surface area contributed by atoms with E-state index in [2.05, 4.69) is 63.7 Å². The van der Waals surface area contributed by atoms with Crippen LogP contribution in [-0.4, -0.2) is 48.9 Å². The van der Waals surface area contributed by atoms with Crippen LogP contribution in [0.1, 0.15) is 177 Å². The number of ether oxygens (including phenoxy) is 2. The highest BCUT2D eigenvalue weighted by Gasteiger charge is 2.56. The van der Waals surface area contributed by atoms with Crippen LogP contribution in [0.4, 0.5) is 0 Å². The monoisotopic (exact) mass is 671 g/mol. The standard InChI is InChI=1S/C42H74N2O4/c1-8-9-10-11-12-13-14-15-16-17-18-19-20-21-30-44-31-24-28-42(37(44)7,41(46)48-33-23-26-35(4)5)38-27-29-43-36(6)39(38)40(45)47-32-22-25-34(2)3/h24,29,31,34-35,37-38H,8-23,25-28,30,32-33H2,1-7H3. The smallest absolute Gasteiger partial charge is 0.336 e. The molecule has 0 aromatic heterocycles. The van der Waals surface area contributed by atoms with E-state index in [-0.39, 0.29) is 23.9 Å². The Balaban J connectivity index is 2.01. The number of hydrogen-bond acceptors (Lipinski definition) is 6. The van der Waals surface area contributed by atoms with Gasteiger partial charge in [-0.1, -0.05) is 124 Å². The molecule has 3 unspecified atom stereocenters. The van der Waals surface area contributed by atoms with Crippen LogP contribution in [-0.2, 0) is 19.1 Å². The van der Waals surface area contributed by atoms with E-state index >= 15 is 0 Å². The lowest BCUT2D eigenvalue weighted by Crippen LogP contribution is -2.57. The summed E-state index contributed by atoms with van der Waals surface area (Å²) in [5, 5.41) is 0. The molecule has 2 aliphatic heterocycles. The van der Waals surface area contributed by atoms with E-state index in [0.29, 0.717) is 49.2 Å². The Kier molecular flexibility index (Phi) is 21.1. The number of aliphatic imine (C=N–C) groups is 1. The van der Waals surface area contributed by atoms with Crippen molar-refractivity contribution in [3.63, 3.8) is 0 Å². The number of carbonyl (C=O) groups is 2. The predicted octanol–water partition coefficient (Wildman–Crippen LogP) is 11.4. The molecule has 6 heteroatoms. The molecular formula is C42H74N2O4. The number of hydrogen-bond donors (Lipinski definition) is 0. The molecule has 0 radical (unpaired) electrons. The van der Waals surface area contributed by atoms with Gasteiger partial charge < -0.3 is 14.4 Å². The average molecular weight is 671 g/mol. The minimum atomic E-state index is -0.886. The molecule has 0 N–H and O–H groups in total. The van der Waals surface area contributed by atoms with Crippen molar-refractivity contribution in [2.24, 2.45) is 28.2 Å². The first-order chi connectivity index (χ1) is 23.1. The largest absolute Gasteiger partial charge is 0.465 e. The molecule has 2 heterocycles. The summed E-state index contributed by atoms with van der Waals surface area (Å²) in [7, 11) is 0. The van der Waals surface area contributed by atoms with Crippen LogP contribution in [0.25, 0.3) is 0 Å². The zero-order valence-corrected chi connectivity index (χ0v) is 32.3. The van der Waals surface area contributed by atoms with Crippen LogP contribution < -0.4 is 0 Å². The van der Waals surface area contributed by atoms with Crippen LogP contribution in [0, 0.1) is 23.2 Å². The van der Waals surface area contributed by atoms with Gasteiger partial charge in [-0.25, -0.2) is 4.79 Å². The lowest BCUT2D eigenvalue weighted by molar-refractivity contribution is -0.165. The second-order valence-electron chi connectivity index (χ2n) is 15.6. The van der Waals surface area contributed by atoms with E-state index in [9.17, 15) is 9.59 Å². The van der Waals surface area contributed by atoms with E-state index in [4.69, 9.17) is 9.47 Å². The molecule has 0 saturated heterocycles. The Morgan fingerprint density at radius 3 is 1.88 bits per heavy atom. The van der Waals surface area contributed by atoms with Gasteiger partial charge in [0.05, 0.1) is 24.2 Å². The zero-order chi connectivity index (χ0) is 35.2. The van der Waals surface area contributed by atoms with Crippen LogP contribution >= 0.6 is 0 Å². The van der Waals surface area contributed by atoms with Crippen molar-refractivity contribution < 1.29 is 19.1 Å². The minimum absolute atomic E-state index is 0.116. The number of nitrogens with zero attached hydrogens (tertiary/aromatic N) is 2. The molecule has 3 atom stereocenters. The molecule has 0 saturated carbocycles. The van der Waals surface area contributed by atoms with Gasteiger partial charge in [0.2, 0.25) is 0 Å². The van der Waals surface area contributed by atoms with Crippen molar-refractivity contribution in [2.75, 3.05) is 19.8 Å². The summed E-state index contributed by atoms with van der Waals surface area (Å²) in [4.78, 5) is 34.9. The molecule has 0 aliphatic carbocycles. The summed E-state index contributed by atoms with van der Waals surface area (Å²) < 4.78 is 11.9. The van der Waals surface area contributed by atoms with E-state index in [1.165, 1.54) is 83.5 Å². The van der Waals surface area contributed by atoms with E-state index in [0.717, 1.165) is 38.6 Å². The molecule has 0 amide bonds. The van der Waals surface area contributed by atoms with Gasteiger partial charge in [0, 0.05) is 30.4 Å². The number of carbonyl (C=O) groups excluding carboxylic acids is 2. The number of esters is 2. The fourth-order valence-electron chi connectivity index (χ4n) is 7.58. The minimum Gasteiger partial charge on any atom is -0.465 e. The van der Waals surface area contributed by atoms with Crippen molar-refractivity contribution in [1.82, 2.24) is 4.90 Å². The Labute approximate surface area is 296 Å². The zero-order valence-electron chi connectivity index (χ0n) is 32.3. The molecule has 0 aromatic carbocycles. The highest BCUT2D eigenvalue weighted by atomic mass is 16.5. The number of unbranched alkanes of at least 4 members (excludes halogenated alkanes) is 13. The molecule has 6 nitrogen and oxygen atoms in total. The van der Waals surface area contributed by atoms with Crippen LogP contribution in [0.5, 0.6) is 0 Å². The third-order valence-corrected chi connectivity index (χ3v) is 10.7. The molecule has 2 rings (SSSR count). The molecule has 0 fully saturated rings. The van der Waals surface area contributed by atoms with Crippen LogP contribution in [0.3, 0.4) is 0 Å². The predicted molar refractivity (Wildman–Crippen MR) is 202 cm³/mol. The fraction of sp³-hybridized carbons (Fsp3) is 0.833. The van der Waals surface area contributed by atoms with Crippen LogP contribution in [0.2, 0.25) is 0 Å². The maximum atomic E-state index is 14.3. The summed E-state index contributed by atoms with van der Waals surface area (Å²) in [6.07, 6.45) is 29.7. The van der Waals surface area contributed by atoms with Gasteiger partial charge in [-0.2, -0.15) is 0 Å². The van der Waals surface area contributed by atoms with Gasteiger partial charge in [0.15, 0.2) is 0 Å². The van der Waals surface area contributed by atoms with Crippen molar-refractivity contribution >= 4 is 18.2 Å². The van der Waals surface area contributed by atoms with Gasteiger partial charge >= 0.3 is 11.9 Å². The van der Waals surface area contributed by atoms with E-state index < -0.39 is 5.41 Å². The van der Waals surface area contributed by atoms with Crippen molar-refractivity contribution in [3.8, 4) is 0 Å². The lowest BCUT2D eigenvalue weighted by Gasteiger charge is -2.49. The van der Waals surface area contributed by atoms with E-state index in [1.54, 1.807) is 0 Å². The summed E-state index contributed by atoms with van der Waals surface area (Å²) in [5.74, 6) is 0.264. The molecule has 48 heavy (non-hydrogen) atoms. The van der Waals surface area contributed by atoms with Gasteiger partial charge in [0.1, 0.15) is 0 Å². The Bertz CT molecular complexity index is 1000. The van der Waals surface area contributed by atoms with Crippen molar-refractivity contribution in [2.45, 2.75) is 183 Å². The molecule has 0 bridgehead atoms. The molecule has 0 spiro atoms. The third-order valence-electron chi connectivity index (χ3n) is 10.7. The fourth-order valence-corrected chi connectivity index (χ4v) is 7.58. The Morgan fingerprint density at radius 1 is 0.812 bits per heavy atom. The highest BCUT2D eigenvalue weighted by Crippen LogP contribution is 2.49.